The number of hydrogen-bond donors (Lipinski definition) is 2. The number of aromatic nitrogens is 4. The highest BCUT2D eigenvalue weighted by Gasteiger charge is 2.42. The Morgan fingerprint density at radius 2 is 2.00 bits per heavy atom. The van der Waals surface area contributed by atoms with Crippen LogP contribution in [0.1, 0.15) is 37.3 Å². The molecule has 2 aliphatic rings. The molecule has 1 aliphatic heterocycles. The topological polar surface area (TPSA) is 129 Å². The zero-order valence-electron chi connectivity index (χ0n) is 23.2. The number of halogens is 1. The molecule has 1 saturated carbocycles. The fourth-order valence-electron chi connectivity index (χ4n) is 4.84. The van der Waals surface area contributed by atoms with Crippen LogP contribution < -0.4 is 10.6 Å². The Hall–Kier alpha value is -2.85. The molecule has 0 unspecified atom stereocenters. The first-order valence-corrected chi connectivity index (χ1v) is 15.4. The summed E-state index contributed by atoms with van der Waals surface area (Å²) in [4.78, 5) is 9.03. The lowest BCUT2D eigenvalue weighted by molar-refractivity contribution is 0.260. The van der Waals surface area contributed by atoms with Gasteiger partial charge in [0.15, 0.2) is 0 Å². The average Bonchev–Trinajstić information content (AvgIpc) is 3.67. The summed E-state index contributed by atoms with van der Waals surface area (Å²) >= 11 is 6.62. The van der Waals surface area contributed by atoms with E-state index in [2.05, 4.69) is 55.3 Å². The van der Waals surface area contributed by atoms with Crippen LogP contribution in [0.15, 0.2) is 36.8 Å². The van der Waals surface area contributed by atoms with E-state index in [1.54, 1.807) is 21.4 Å². The van der Waals surface area contributed by atoms with E-state index >= 15 is 0 Å². The fourth-order valence-corrected chi connectivity index (χ4v) is 7.08. The Morgan fingerprint density at radius 1 is 1.23 bits per heavy atom. The predicted octanol–water partition coefficient (Wildman–Crippen LogP) is 0.0691. The van der Waals surface area contributed by atoms with Crippen molar-refractivity contribution in [2.24, 2.45) is 5.92 Å². The van der Waals surface area contributed by atoms with Crippen LogP contribution in [0.2, 0.25) is 5.02 Å². The molecule has 1 saturated heterocycles. The predicted molar refractivity (Wildman–Crippen MR) is 164 cm³/mol. The van der Waals surface area contributed by atoms with Gasteiger partial charge >= 0.3 is 0 Å². The van der Waals surface area contributed by atoms with Crippen molar-refractivity contribution in [2.75, 3.05) is 18.4 Å². The van der Waals surface area contributed by atoms with Crippen LogP contribution in [-0.2, 0) is 16.6 Å². The molecule has 1 aromatic carbocycles. The molecule has 0 radical (unpaired) electrons. The van der Waals surface area contributed by atoms with Gasteiger partial charge in [0.2, 0.25) is 16.0 Å². The van der Waals surface area contributed by atoms with Crippen molar-refractivity contribution in [2.45, 2.75) is 49.3 Å². The van der Waals surface area contributed by atoms with E-state index < -0.39 is 10.0 Å². The molecule has 2 aromatic heterocycles. The summed E-state index contributed by atoms with van der Waals surface area (Å²) in [5, 5.41) is 21.4. The van der Waals surface area contributed by atoms with Gasteiger partial charge < -0.3 is 10.6 Å². The molecule has 206 valence electrons. The summed E-state index contributed by atoms with van der Waals surface area (Å²) in [7, 11) is 3.16. The van der Waals surface area contributed by atoms with Crippen LogP contribution in [0.3, 0.4) is 0 Å². The van der Waals surface area contributed by atoms with Crippen molar-refractivity contribution in [1.82, 2.24) is 29.4 Å². The van der Waals surface area contributed by atoms with E-state index in [9.17, 15) is 13.7 Å². The average molecular weight is 577 g/mol. The summed E-state index contributed by atoms with van der Waals surface area (Å²) in [5.74, 6) is 0.474. The SMILES string of the molecule is BC(B)(B)NCc1ccc(-n2cc(-c3nc(N[C@H]4CCN(S(=O)(=O)C5CC5)C[C@H]4C)ncc3C#N)cn2)c(Cl)c1. The maximum Gasteiger partial charge on any atom is 0.223 e. The maximum absolute atomic E-state index is 12.7. The largest absolute Gasteiger partial charge is 0.351 e. The highest BCUT2D eigenvalue weighted by atomic mass is 35.5. The van der Waals surface area contributed by atoms with Gasteiger partial charge in [-0.15, -0.1) is 0 Å². The quantitative estimate of drug-likeness (QED) is 0.343. The minimum absolute atomic E-state index is 0.00218. The molecule has 0 spiro atoms. The van der Waals surface area contributed by atoms with Crippen molar-refractivity contribution in [3.63, 3.8) is 0 Å². The van der Waals surface area contributed by atoms with E-state index in [-0.39, 0.29) is 22.4 Å². The van der Waals surface area contributed by atoms with E-state index in [4.69, 9.17) is 11.6 Å². The first-order chi connectivity index (χ1) is 18.9. The zero-order valence-corrected chi connectivity index (χ0v) is 24.8. The van der Waals surface area contributed by atoms with Gasteiger partial charge in [-0.3, -0.25) is 0 Å². The maximum atomic E-state index is 12.7. The molecular formula is C25H32B3ClN8O2S. The molecule has 15 heteroatoms. The smallest absolute Gasteiger partial charge is 0.223 e. The van der Waals surface area contributed by atoms with Gasteiger partial charge in [-0.2, -0.15) is 10.4 Å². The molecule has 2 fully saturated rings. The normalized spacial score (nSPS) is 20.2. The third-order valence-corrected chi connectivity index (χ3v) is 10.0. The van der Waals surface area contributed by atoms with Crippen molar-refractivity contribution in [1.29, 1.82) is 5.26 Å². The van der Waals surface area contributed by atoms with Crippen LogP contribution in [-0.4, -0.2) is 85.6 Å². The lowest BCUT2D eigenvalue weighted by atomic mass is 9.49. The highest BCUT2D eigenvalue weighted by molar-refractivity contribution is 7.90. The second-order valence-corrected chi connectivity index (χ2v) is 14.4. The van der Waals surface area contributed by atoms with Gasteiger partial charge in [-0.1, -0.05) is 29.8 Å². The number of hydrogen-bond acceptors (Lipinski definition) is 8. The number of sulfonamides is 1. The monoisotopic (exact) mass is 576 g/mol. The first kappa shape index (κ1) is 28.7. The summed E-state index contributed by atoms with van der Waals surface area (Å²) in [6, 6.07) is 8.04. The summed E-state index contributed by atoms with van der Waals surface area (Å²) in [6.07, 6.45) is 7.14. The van der Waals surface area contributed by atoms with Crippen LogP contribution in [0.5, 0.6) is 0 Å². The Kier molecular flexibility index (Phi) is 8.03. The number of rotatable bonds is 9. The Morgan fingerprint density at radius 3 is 2.65 bits per heavy atom. The second kappa shape index (κ2) is 11.2. The lowest BCUT2D eigenvalue weighted by Gasteiger charge is -2.36. The third kappa shape index (κ3) is 6.38. The Balaban J connectivity index is 1.31. The summed E-state index contributed by atoms with van der Waals surface area (Å²) in [5.41, 5.74) is 3.25. The molecule has 2 N–H and O–H groups in total. The van der Waals surface area contributed by atoms with Crippen molar-refractivity contribution < 1.29 is 8.42 Å². The van der Waals surface area contributed by atoms with Gasteiger partial charge in [0.25, 0.3) is 0 Å². The van der Waals surface area contributed by atoms with Gasteiger partial charge in [-0.25, -0.2) is 27.4 Å². The molecule has 2 atom stereocenters. The van der Waals surface area contributed by atoms with Gasteiger partial charge in [-0.05, 0) is 42.9 Å². The molecule has 10 nitrogen and oxygen atoms in total. The van der Waals surface area contributed by atoms with Crippen LogP contribution >= 0.6 is 11.6 Å². The van der Waals surface area contributed by atoms with E-state index in [1.165, 1.54) is 6.20 Å². The fraction of sp³-hybridized carbons (Fsp3) is 0.440. The number of benzene rings is 1. The van der Waals surface area contributed by atoms with Crippen LogP contribution in [0.4, 0.5) is 5.95 Å². The lowest BCUT2D eigenvalue weighted by Crippen LogP contribution is -2.48. The molecule has 0 amide bonds. The van der Waals surface area contributed by atoms with Crippen molar-refractivity contribution in [3.05, 3.63) is 52.9 Å². The molecule has 1 aliphatic carbocycles. The summed E-state index contributed by atoms with van der Waals surface area (Å²) in [6.45, 7) is 3.68. The zero-order chi connectivity index (χ0) is 28.7. The Labute approximate surface area is 243 Å². The minimum Gasteiger partial charge on any atom is -0.351 e. The number of nitriles is 1. The van der Waals surface area contributed by atoms with Gasteiger partial charge in [0.05, 0.1) is 39.6 Å². The first-order valence-electron chi connectivity index (χ1n) is 13.6. The van der Waals surface area contributed by atoms with E-state index in [1.807, 2.05) is 25.1 Å². The molecular weight excluding hydrogens is 544 g/mol. The van der Waals surface area contributed by atoms with Gasteiger partial charge in [0.1, 0.15) is 29.6 Å². The second-order valence-electron chi connectivity index (χ2n) is 11.7. The van der Waals surface area contributed by atoms with Gasteiger partial charge in [0, 0.05) is 37.4 Å². The van der Waals surface area contributed by atoms with Crippen LogP contribution in [0, 0.1) is 17.2 Å². The molecule has 40 heavy (non-hydrogen) atoms. The number of nitrogens with zero attached hydrogens (tertiary/aromatic N) is 6. The Bertz CT molecular complexity index is 1550. The van der Waals surface area contributed by atoms with Crippen molar-refractivity contribution >= 4 is 51.1 Å². The number of piperidine rings is 1. The highest BCUT2D eigenvalue weighted by Crippen LogP contribution is 2.34. The number of anilines is 1. The van der Waals surface area contributed by atoms with Crippen LogP contribution in [0.25, 0.3) is 16.9 Å². The molecule has 5 rings (SSSR count). The van der Waals surface area contributed by atoms with Crippen molar-refractivity contribution in [3.8, 4) is 23.0 Å². The number of nitrogens with one attached hydrogen (secondary N) is 2. The van der Waals surface area contributed by atoms with E-state index in [0.29, 0.717) is 53.8 Å². The molecule has 3 heterocycles. The minimum atomic E-state index is -3.19. The van der Waals surface area contributed by atoms with E-state index in [0.717, 1.165) is 24.1 Å². The molecule has 3 aromatic rings. The standard InChI is InChI=1S/C25H32B3ClN8O2S/c1-15-13-36(40(38,39)19-3-4-19)7-6-21(15)34-24-31-11-17(9-30)23(35-24)18-12-33-37(14-18)22-5-2-16(8-20(22)29)10-32-25(26,27)28/h2,5,8,11-12,14-15,19,21,32H,3-4,6-7,10,13,26-28H2,1H3,(H,31,34,35)/t15-,21+/m1/s1. The molecule has 0 bridgehead atoms. The summed E-state index contributed by atoms with van der Waals surface area (Å²) < 4.78 is 28.6. The third-order valence-electron chi connectivity index (χ3n) is 7.34.